The van der Waals surface area contributed by atoms with Gasteiger partial charge in [0.25, 0.3) is 0 Å². The first kappa shape index (κ1) is 15.5. The predicted octanol–water partition coefficient (Wildman–Crippen LogP) is 2.93. The maximum atomic E-state index is 5.63. The fraction of sp³-hybridized carbons (Fsp3) is 0.647. The molecule has 0 fully saturated rings. The summed E-state index contributed by atoms with van der Waals surface area (Å²) in [6, 6.07) is 6.88. The lowest BCUT2D eigenvalue weighted by atomic mass is 10.1. The Bertz CT molecular complexity index is 406. The third-order valence-electron chi connectivity index (χ3n) is 3.84. The van der Waals surface area contributed by atoms with Crippen LogP contribution in [0.2, 0.25) is 0 Å². The third-order valence-corrected chi connectivity index (χ3v) is 3.84. The normalized spacial score (nSPS) is 14.7. The van der Waals surface area contributed by atoms with Crippen LogP contribution in [0.4, 0.5) is 0 Å². The predicted molar refractivity (Wildman–Crippen MR) is 83.7 cm³/mol. The minimum Gasteiger partial charge on any atom is -0.381 e. The zero-order valence-electron chi connectivity index (χ0n) is 13.0. The lowest BCUT2D eigenvalue weighted by molar-refractivity contribution is 0.118. The molecule has 0 spiro atoms. The molecule has 0 saturated carbocycles. The molecule has 0 aromatic heterocycles. The highest BCUT2D eigenvalue weighted by Crippen LogP contribution is 2.23. The molecular formula is C17H28N2O. The number of nitrogens with zero attached hydrogens (tertiary/aromatic N) is 1. The molecule has 1 aromatic rings. The quantitative estimate of drug-likeness (QED) is 0.702. The average molecular weight is 276 g/mol. The average Bonchev–Trinajstić information content (AvgIpc) is 2.85. The van der Waals surface area contributed by atoms with Gasteiger partial charge in [-0.05, 0) is 36.6 Å². The number of hydrogen-bond donors (Lipinski definition) is 1. The molecule has 1 N–H and O–H groups in total. The smallest absolute Gasteiger partial charge is 0.0478 e. The van der Waals surface area contributed by atoms with E-state index < -0.39 is 0 Å². The van der Waals surface area contributed by atoms with Gasteiger partial charge in [-0.1, -0.05) is 31.5 Å². The van der Waals surface area contributed by atoms with Crippen LogP contribution in [-0.4, -0.2) is 31.7 Å². The summed E-state index contributed by atoms with van der Waals surface area (Å²) in [5, 5.41) is 3.21. The van der Waals surface area contributed by atoms with E-state index in [4.69, 9.17) is 4.74 Å². The van der Waals surface area contributed by atoms with Crippen molar-refractivity contribution in [2.24, 2.45) is 0 Å². The second kappa shape index (κ2) is 8.40. The number of ether oxygens (including phenoxy) is 1. The number of nitrogens with one attached hydrogen (secondary N) is 1. The minimum atomic E-state index is 0.901. The largest absolute Gasteiger partial charge is 0.381 e. The fourth-order valence-corrected chi connectivity index (χ4v) is 2.73. The molecule has 112 valence electrons. The maximum Gasteiger partial charge on any atom is 0.0478 e. The molecule has 0 atom stereocenters. The van der Waals surface area contributed by atoms with E-state index in [1.165, 1.54) is 29.5 Å². The summed E-state index contributed by atoms with van der Waals surface area (Å²) in [6.45, 7) is 8.32. The molecule has 0 radical (unpaired) electrons. The number of hydrogen-bond acceptors (Lipinski definition) is 3. The van der Waals surface area contributed by atoms with Gasteiger partial charge in [0, 0.05) is 39.4 Å². The molecule has 0 unspecified atom stereocenters. The Morgan fingerprint density at radius 3 is 2.75 bits per heavy atom. The van der Waals surface area contributed by atoms with Crippen LogP contribution < -0.4 is 5.32 Å². The summed E-state index contributed by atoms with van der Waals surface area (Å²) in [7, 11) is 2.00. The number of benzene rings is 1. The zero-order valence-corrected chi connectivity index (χ0v) is 13.0. The molecule has 20 heavy (non-hydrogen) atoms. The van der Waals surface area contributed by atoms with Crippen molar-refractivity contribution in [1.29, 1.82) is 0 Å². The summed E-state index contributed by atoms with van der Waals surface area (Å²) < 4.78 is 5.63. The molecule has 0 aliphatic carbocycles. The zero-order chi connectivity index (χ0) is 14.2. The third kappa shape index (κ3) is 4.58. The molecule has 3 nitrogen and oxygen atoms in total. The second-order valence-corrected chi connectivity index (χ2v) is 5.66. The van der Waals surface area contributed by atoms with Crippen molar-refractivity contribution in [1.82, 2.24) is 10.2 Å². The second-order valence-electron chi connectivity index (χ2n) is 5.66. The van der Waals surface area contributed by atoms with Gasteiger partial charge in [0.05, 0.1) is 0 Å². The Morgan fingerprint density at radius 1 is 1.15 bits per heavy atom. The number of fused-ring (bicyclic) bond motifs is 1. The Morgan fingerprint density at radius 2 is 1.95 bits per heavy atom. The molecule has 1 aliphatic rings. The highest BCUT2D eigenvalue weighted by Gasteiger charge is 2.18. The number of unbranched alkanes of at least 4 members (excludes halogenated alkanes) is 1. The van der Waals surface area contributed by atoms with E-state index in [1.807, 2.05) is 7.05 Å². The van der Waals surface area contributed by atoms with E-state index in [-0.39, 0.29) is 0 Å². The van der Waals surface area contributed by atoms with Gasteiger partial charge in [-0.25, -0.2) is 0 Å². The summed E-state index contributed by atoms with van der Waals surface area (Å²) >= 11 is 0. The van der Waals surface area contributed by atoms with Crippen LogP contribution in [0.1, 0.15) is 42.9 Å². The van der Waals surface area contributed by atoms with Crippen LogP contribution in [-0.2, 0) is 24.4 Å². The number of rotatable bonds is 9. The van der Waals surface area contributed by atoms with Gasteiger partial charge in [-0.15, -0.1) is 0 Å². The minimum absolute atomic E-state index is 0.901. The van der Waals surface area contributed by atoms with Crippen molar-refractivity contribution >= 4 is 0 Å². The van der Waals surface area contributed by atoms with Crippen LogP contribution in [0.15, 0.2) is 18.2 Å². The van der Waals surface area contributed by atoms with Crippen molar-refractivity contribution in [3.05, 3.63) is 34.9 Å². The highest BCUT2D eigenvalue weighted by atomic mass is 16.5. The van der Waals surface area contributed by atoms with Crippen LogP contribution in [0.3, 0.4) is 0 Å². The van der Waals surface area contributed by atoms with Crippen LogP contribution in [0.5, 0.6) is 0 Å². The van der Waals surface area contributed by atoms with E-state index in [2.05, 4.69) is 35.3 Å². The van der Waals surface area contributed by atoms with Gasteiger partial charge in [-0.2, -0.15) is 0 Å². The summed E-state index contributed by atoms with van der Waals surface area (Å²) in [4.78, 5) is 2.52. The molecular weight excluding hydrogens is 248 g/mol. The fourth-order valence-electron chi connectivity index (χ4n) is 2.73. The van der Waals surface area contributed by atoms with Crippen LogP contribution >= 0.6 is 0 Å². The first-order valence-corrected chi connectivity index (χ1v) is 7.89. The van der Waals surface area contributed by atoms with Gasteiger partial charge >= 0.3 is 0 Å². The molecule has 0 saturated heterocycles. The van der Waals surface area contributed by atoms with Crippen molar-refractivity contribution in [2.75, 3.05) is 26.8 Å². The van der Waals surface area contributed by atoms with Gasteiger partial charge in [0.2, 0.25) is 0 Å². The topological polar surface area (TPSA) is 24.5 Å². The first-order valence-electron chi connectivity index (χ1n) is 7.89. The Labute approximate surface area is 123 Å². The van der Waals surface area contributed by atoms with Crippen molar-refractivity contribution in [3.8, 4) is 0 Å². The van der Waals surface area contributed by atoms with E-state index in [0.717, 1.165) is 45.8 Å². The summed E-state index contributed by atoms with van der Waals surface area (Å²) in [5.41, 5.74) is 4.39. The van der Waals surface area contributed by atoms with E-state index in [9.17, 15) is 0 Å². The Balaban J connectivity index is 1.70. The van der Waals surface area contributed by atoms with Crippen LogP contribution in [0.25, 0.3) is 0 Å². The van der Waals surface area contributed by atoms with Gasteiger partial charge in [0.1, 0.15) is 0 Å². The van der Waals surface area contributed by atoms with Crippen LogP contribution in [0, 0.1) is 0 Å². The molecule has 1 aliphatic heterocycles. The van der Waals surface area contributed by atoms with E-state index in [1.54, 1.807) is 0 Å². The summed E-state index contributed by atoms with van der Waals surface area (Å²) in [6.07, 6.45) is 3.54. The van der Waals surface area contributed by atoms with Gasteiger partial charge < -0.3 is 10.1 Å². The van der Waals surface area contributed by atoms with Crippen molar-refractivity contribution in [3.63, 3.8) is 0 Å². The lowest BCUT2D eigenvalue weighted by Gasteiger charge is -2.14. The molecule has 0 bridgehead atoms. The molecule has 1 heterocycles. The van der Waals surface area contributed by atoms with Gasteiger partial charge in [0.15, 0.2) is 0 Å². The van der Waals surface area contributed by atoms with E-state index >= 15 is 0 Å². The first-order chi connectivity index (χ1) is 9.83. The molecule has 0 amide bonds. The Hall–Kier alpha value is -0.900. The van der Waals surface area contributed by atoms with Crippen molar-refractivity contribution < 1.29 is 4.74 Å². The Kier molecular flexibility index (Phi) is 6.51. The standard InChI is InChI=1S/C17H28N2O/c1-3-4-9-20-10-5-8-19-13-16-7-6-15(12-18-2)11-17(16)14-19/h6-7,11,18H,3-5,8-10,12-14H2,1-2H3. The molecule has 2 rings (SSSR count). The molecule has 3 heteroatoms. The maximum absolute atomic E-state index is 5.63. The SMILES string of the molecule is CCCCOCCCN1Cc2ccc(CNC)cc2C1. The van der Waals surface area contributed by atoms with Gasteiger partial charge in [-0.3, -0.25) is 4.90 Å². The lowest BCUT2D eigenvalue weighted by Crippen LogP contribution is -2.19. The molecule has 1 aromatic carbocycles. The highest BCUT2D eigenvalue weighted by molar-refractivity contribution is 5.34. The van der Waals surface area contributed by atoms with E-state index in [0.29, 0.717) is 0 Å². The monoisotopic (exact) mass is 276 g/mol. The summed E-state index contributed by atoms with van der Waals surface area (Å²) in [5.74, 6) is 0. The van der Waals surface area contributed by atoms with Crippen molar-refractivity contribution in [2.45, 2.75) is 45.8 Å².